The number of nitrogens with zero attached hydrogens (tertiary/aromatic N) is 1. The second-order valence-electron chi connectivity index (χ2n) is 8.62. The van der Waals surface area contributed by atoms with Gasteiger partial charge in [-0.3, -0.25) is 4.90 Å². The first-order valence-electron chi connectivity index (χ1n) is 9.59. The lowest BCUT2D eigenvalue weighted by molar-refractivity contribution is -0.200. The highest BCUT2D eigenvalue weighted by Crippen LogP contribution is 2.60. The maximum absolute atomic E-state index is 11.9. The van der Waals surface area contributed by atoms with E-state index < -0.39 is 5.60 Å². The number of nitrogens with one attached hydrogen (secondary N) is 1. The third kappa shape index (κ3) is 2.93. The van der Waals surface area contributed by atoms with Gasteiger partial charge in [0.15, 0.2) is 5.60 Å². The number of piperidine rings is 1. The fourth-order valence-corrected chi connectivity index (χ4v) is 6.38. The third-order valence-electron chi connectivity index (χ3n) is 5.77. The molecule has 1 amide bonds. The number of esters is 1. The molecule has 4 atom stereocenters. The van der Waals surface area contributed by atoms with Crippen molar-refractivity contribution in [2.45, 2.75) is 75.0 Å². The molecule has 4 rings (SSSR count). The fraction of sp³-hybridized carbons (Fsp3) is 0.789. The van der Waals surface area contributed by atoms with Crippen molar-refractivity contribution >= 4 is 23.8 Å². The van der Waals surface area contributed by atoms with Crippen molar-refractivity contribution in [3.8, 4) is 0 Å². The van der Waals surface area contributed by atoms with Crippen molar-refractivity contribution in [2.24, 2.45) is 0 Å². The van der Waals surface area contributed by atoms with Crippen LogP contribution in [0.2, 0.25) is 0 Å². The summed E-state index contributed by atoms with van der Waals surface area (Å²) in [5, 5.41) is 3.24. The largest absolute Gasteiger partial charge is 0.448 e. The van der Waals surface area contributed by atoms with E-state index in [-0.39, 0.29) is 17.7 Å². The number of hydrogen-bond donors (Lipinski definition) is 1. The van der Waals surface area contributed by atoms with Gasteiger partial charge in [0, 0.05) is 23.6 Å². The molecule has 0 aromatic carbocycles. The smallest absolute Gasteiger partial charge is 0.407 e. The summed E-state index contributed by atoms with van der Waals surface area (Å²) in [6, 6.07) is 0.682. The molecule has 144 valence electrons. The van der Waals surface area contributed by atoms with Gasteiger partial charge in [-0.05, 0) is 52.2 Å². The van der Waals surface area contributed by atoms with Crippen LogP contribution >= 0.6 is 11.8 Å². The lowest BCUT2D eigenvalue weighted by Gasteiger charge is -2.61. The Morgan fingerprint density at radius 2 is 2.27 bits per heavy atom. The zero-order valence-corrected chi connectivity index (χ0v) is 16.6. The van der Waals surface area contributed by atoms with Crippen LogP contribution in [0.4, 0.5) is 4.79 Å². The van der Waals surface area contributed by atoms with E-state index >= 15 is 0 Å². The SMILES string of the molecule is CC(C)(C)OC(=O)NCCSC1CC2=CC(=O)O[C@@]23C1N1CCCC[C@@H]13. The molecule has 7 heteroatoms. The minimum Gasteiger partial charge on any atom is -0.448 e. The molecule has 0 aromatic rings. The molecule has 1 aliphatic carbocycles. The van der Waals surface area contributed by atoms with E-state index in [1.807, 2.05) is 32.5 Å². The first kappa shape index (κ1) is 18.2. The van der Waals surface area contributed by atoms with Crippen molar-refractivity contribution in [1.82, 2.24) is 10.2 Å². The summed E-state index contributed by atoms with van der Waals surface area (Å²) in [6.45, 7) is 7.27. The summed E-state index contributed by atoms with van der Waals surface area (Å²) >= 11 is 1.87. The molecule has 1 spiro atoms. The third-order valence-corrected chi connectivity index (χ3v) is 7.07. The second kappa shape index (κ2) is 6.44. The average molecular weight is 381 g/mol. The van der Waals surface area contributed by atoms with Crippen LogP contribution in [0.1, 0.15) is 46.5 Å². The molecule has 3 aliphatic heterocycles. The van der Waals surface area contributed by atoms with Gasteiger partial charge < -0.3 is 14.8 Å². The van der Waals surface area contributed by atoms with E-state index in [9.17, 15) is 9.59 Å². The summed E-state index contributed by atoms with van der Waals surface area (Å²) in [5.74, 6) is 0.668. The Morgan fingerprint density at radius 1 is 1.46 bits per heavy atom. The van der Waals surface area contributed by atoms with Gasteiger partial charge in [-0.15, -0.1) is 0 Å². The summed E-state index contributed by atoms with van der Waals surface area (Å²) < 4.78 is 11.2. The van der Waals surface area contributed by atoms with Crippen molar-refractivity contribution in [2.75, 3.05) is 18.8 Å². The maximum Gasteiger partial charge on any atom is 0.407 e. The minimum absolute atomic E-state index is 0.162. The van der Waals surface area contributed by atoms with Gasteiger partial charge in [-0.2, -0.15) is 11.8 Å². The van der Waals surface area contributed by atoms with E-state index in [1.54, 1.807) is 6.08 Å². The van der Waals surface area contributed by atoms with Crippen LogP contribution in [0.25, 0.3) is 0 Å². The van der Waals surface area contributed by atoms with Gasteiger partial charge in [-0.25, -0.2) is 9.59 Å². The lowest BCUT2D eigenvalue weighted by Crippen LogP contribution is -2.77. The van der Waals surface area contributed by atoms with Crippen LogP contribution in [0.15, 0.2) is 11.6 Å². The number of ether oxygens (including phenoxy) is 2. The van der Waals surface area contributed by atoms with Gasteiger partial charge in [0.25, 0.3) is 0 Å². The highest BCUT2D eigenvalue weighted by atomic mass is 32.2. The number of thioether (sulfide) groups is 1. The van der Waals surface area contributed by atoms with Gasteiger partial charge in [-0.1, -0.05) is 6.42 Å². The van der Waals surface area contributed by atoms with Crippen LogP contribution < -0.4 is 5.32 Å². The van der Waals surface area contributed by atoms with E-state index in [4.69, 9.17) is 9.47 Å². The van der Waals surface area contributed by atoms with E-state index in [0.717, 1.165) is 25.1 Å². The number of alkyl carbamates (subject to hydrolysis) is 1. The predicted octanol–water partition coefficient (Wildman–Crippen LogP) is 2.48. The molecular weight excluding hydrogens is 352 g/mol. The molecule has 3 fully saturated rings. The molecule has 0 aromatic heterocycles. The molecule has 2 unspecified atom stereocenters. The van der Waals surface area contributed by atoms with Crippen molar-refractivity contribution in [3.63, 3.8) is 0 Å². The Hall–Kier alpha value is -1.21. The predicted molar refractivity (Wildman–Crippen MR) is 100 cm³/mol. The van der Waals surface area contributed by atoms with Gasteiger partial charge in [0.2, 0.25) is 0 Å². The van der Waals surface area contributed by atoms with Gasteiger partial charge in [0.1, 0.15) is 5.60 Å². The summed E-state index contributed by atoms with van der Waals surface area (Å²) in [6.07, 6.45) is 5.86. The van der Waals surface area contributed by atoms with Crippen LogP contribution in [0, 0.1) is 0 Å². The van der Waals surface area contributed by atoms with Crippen molar-refractivity contribution in [1.29, 1.82) is 0 Å². The number of rotatable bonds is 4. The minimum atomic E-state index is -0.474. The number of fused-ring (bicyclic) bond motifs is 2. The molecular formula is C19H28N2O4S. The van der Waals surface area contributed by atoms with Crippen molar-refractivity contribution in [3.05, 3.63) is 11.6 Å². The van der Waals surface area contributed by atoms with Crippen molar-refractivity contribution < 1.29 is 19.1 Å². The summed E-state index contributed by atoms with van der Waals surface area (Å²) in [4.78, 5) is 26.2. The van der Waals surface area contributed by atoms with E-state index in [1.165, 1.54) is 18.4 Å². The normalized spacial score (nSPS) is 35.6. The van der Waals surface area contributed by atoms with Crippen LogP contribution in [0.3, 0.4) is 0 Å². The summed E-state index contributed by atoms with van der Waals surface area (Å²) in [7, 11) is 0. The van der Waals surface area contributed by atoms with E-state index in [2.05, 4.69) is 10.2 Å². The maximum atomic E-state index is 11.9. The zero-order valence-electron chi connectivity index (χ0n) is 15.7. The molecule has 0 radical (unpaired) electrons. The van der Waals surface area contributed by atoms with E-state index in [0.29, 0.717) is 23.9 Å². The van der Waals surface area contributed by atoms with Crippen LogP contribution in [0.5, 0.6) is 0 Å². The molecule has 1 N–H and O–H groups in total. The highest BCUT2D eigenvalue weighted by molar-refractivity contribution is 8.00. The average Bonchev–Trinajstić information content (AvgIpc) is 2.99. The first-order valence-corrected chi connectivity index (χ1v) is 10.6. The van der Waals surface area contributed by atoms with Crippen LogP contribution in [-0.4, -0.2) is 64.3 Å². The highest BCUT2D eigenvalue weighted by Gasteiger charge is 2.72. The molecule has 26 heavy (non-hydrogen) atoms. The second-order valence-corrected chi connectivity index (χ2v) is 9.97. The molecule has 6 nitrogen and oxygen atoms in total. The monoisotopic (exact) mass is 380 g/mol. The number of amides is 1. The Labute approximate surface area is 159 Å². The lowest BCUT2D eigenvalue weighted by atomic mass is 9.71. The first-order chi connectivity index (χ1) is 12.3. The molecule has 3 heterocycles. The van der Waals surface area contributed by atoms with Gasteiger partial charge in [0.05, 0.1) is 12.1 Å². The standard InChI is InChI=1S/C19H28N2O4S/c1-18(2,3)25-17(23)20-7-9-26-13-10-12-11-15(22)24-19(12)14-6-4-5-8-21(14)16(13)19/h11,13-14,16H,4-10H2,1-3H3,(H,20,23)/t13?,14-,16?,19+/m1/s1. The number of carbonyl (C=O) groups is 2. The Balaban J connectivity index is 1.33. The number of hydrogen-bond acceptors (Lipinski definition) is 6. The topological polar surface area (TPSA) is 67.9 Å². The molecule has 0 bridgehead atoms. The Bertz CT molecular complexity index is 644. The van der Waals surface area contributed by atoms with Gasteiger partial charge >= 0.3 is 12.1 Å². The Morgan fingerprint density at radius 3 is 3.04 bits per heavy atom. The quantitative estimate of drug-likeness (QED) is 0.597. The molecule has 2 saturated heterocycles. The fourth-order valence-electron chi connectivity index (χ4n) is 5.02. The zero-order chi connectivity index (χ0) is 18.5. The van der Waals surface area contributed by atoms with Crippen LogP contribution in [-0.2, 0) is 14.3 Å². The number of carbonyl (C=O) groups excluding carboxylic acids is 2. The summed E-state index contributed by atoms with van der Waals surface area (Å²) in [5.41, 5.74) is 0.388. The molecule has 4 aliphatic rings. The Kier molecular flexibility index (Phi) is 4.50. The molecule has 1 saturated carbocycles.